The highest BCUT2D eigenvalue weighted by Gasteiger charge is 2.30. The molecule has 2 aliphatic carbocycles. The van der Waals surface area contributed by atoms with Crippen LogP contribution in [0.5, 0.6) is 0 Å². The van der Waals surface area contributed by atoms with Crippen LogP contribution in [0.2, 0.25) is 0 Å². The zero-order valence-electron chi connectivity index (χ0n) is 11.5. The minimum atomic E-state index is 0.120. The Morgan fingerprint density at radius 3 is 2.33 bits per heavy atom. The number of hydrogen-bond donors (Lipinski definition) is 0. The molecule has 21 heavy (non-hydrogen) atoms. The third kappa shape index (κ3) is 1.90. The maximum Gasteiger partial charge on any atom is 0.186 e. The van der Waals surface area contributed by atoms with Crippen LogP contribution in [-0.2, 0) is 11.2 Å². The normalized spacial score (nSPS) is 15.8. The van der Waals surface area contributed by atoms with E-state index in [1.807, 2.05) is 42.5 Å². The number of allylic oxidation sites excluding steroid dienone is 6. The Kier molecular flexibility index (Phi) is 2.71. The van der Waals surface area contributed by atoms with Gasteiger partial charge in [-0.3, -0.25) is 4.79 Å². The Bertz CT molecular complexity index is 820. The van der Waals surface area contributed by atoms with E-state index < -0.39 is 0 Å². The minimum Gasteiger partial charge on any atom is -0.289 e. The summed E-state index contributed by atoms with van der Waals surface area (Å²) >= 11 is 0. The quantitative estimate of drug-likeness (QED) is 0.798. The highest BCUT2D eigenvalue weighted by molar-refractivity contribution is 6.26. The smallest absolute Gasteiger partial charge is 0.186 e. The average Bonchev–Trinajstić information content (AvgIpc) is 2.84. The largest absolute Gasteiger partial charge is 0.289 e. The van der Waals surface area contributed by atoms with Gasteiger partial charge in [0.15, 0.2) is 5.78 Å². The van der Waals surface area contributed by atoms with Crippen LogP contribution < -0.4 is 0 Å². The molecule has 100 valence electrons. The van der Waals surface area contributed by atoms with Gasteiger partial charge in [-0.2, -0.15) is 0 Å². The van der Waals surface area contributed by atoms with Crippen LogP contribution >= 0.6 is 0 Å². The molecule has 2 aromatic rings. The van der Waals surface area contributed by atoms with Gasteiger partial charge in [-0.15, -0.1) is 0 Å². The average molecular weight is 270 g/mol. The fourth-order valence-electron chi connectivity index (χ4n) is 3.17. The first-order valence-corrected chi connectivity index (χ1v) is 7.14. The Labute approximate surface area is 123 Å². The van der Waals surface area contributed by atoms with Gasteiger partial charge < -0.3 is 0 Å². The lowest BCUT2D eigenvalue weighted by Crippen LogP contribution is -2.03. The molecular weight excluding hydrogens is 256 g/mol. The molecular formula is C20H14O. The van der Waals surface area contributed by atoms with Gasteiger partial charge in [-0.25, -0.2) is 0 Å². The lowest BCUT2D eigenvalue weighted by Gasteiger charge is -2.09. The molecule has 0 heterocycles. The standard InChI is InChI=1S/C20H14O/c21-19-12-6-11-17-15-9-4-5-10-16(15)18(20(17)19)13-14-7-2-1-3-8-14/h1-12H,13H2. The van der Waals surface area contributed by atoms with Crippen molar-refractivity contribution in [3.63, 3.8) is 0 Å². The number of ketones is 1. The molecule has 0 aromatic heterocycles. The maximum absolute atomic E-state index is 12.4. The van der Waals surface area contributed by atoms with Crippen LogP contribution in [0.25, 0.3) is 11.1 Å². The first-order valence-electron chi connectivity index (χ1n) is 7.14. The third-order valence-electron chi connectivity index (χ3n) is 4.09. The SMILES string of the molecule is O=C1C=CC=C2C1=C(Cc1ccccc1)c1ccccc12. The molecule has 2 aromatic carbocycles. The van der Waals surface area contributed by atoms with Crippen LogP contribution in [-0.4, -0.2) is 5.78 Å². The number of fused-ring (bicyclic) bond motifs is 3. The molecule has 4 rings (SSSR count). The van der Waals surface area contributed by atoms with E-state index in [1.54, 1.807) is 6.08 Å². The van der Waals surface area contributed by atoms with E-state index >= 15 is 0 Å². The van der Waals surface area contributed by atoms with Crippen molar-refractivity contribution in [3.8, 4) is 0 Å². The van der Waals surface area contributed by atoms with Crippen LogP contribution in [0.1, 0.15) is 16.7 Å². The number of benzene rings is 2. The molecule has 0 N–H and O–H groups in total. The molecule has 0 atom stereocenters. The second-order valence-corrected chi connectivity index (χ2v) is 5.37. The van der Waals surface area contributed by atoms with Gasteiger partial charge in [0.1, 0.15) is 0 Å². The van der Waals surface area contributed by atoms with Gasteiger partial charge in [-0.05, 0) is 40.3 Å². The highest BCUT2D eigenvalue weighted by atomic mass is 16.1. The van der Waals surface area contributed by atoms with Gasteiger partial charge in [0.25, 0.3) is 0 Å². The number of carbonyl (C=O) groups excluding carboxylic acids is 1. The van der Waals surface area contributed by atoms with Crippen molar-refractivity contribution in [3.05, 3.63) is 95.1 Å². The van der Waals surface area contributed by atoms with Crippen LogP contribution in [0, 0.1) is 0 Å². The Morgan fingerprint density at radius 1 is 0.810 bits per heavy atom. The van der Waals surface area contributed by atoms with Gasteiger partial charge in [-0.1, -0.05) is 66.7 Å². The third-order valence-corrected chi connectivity index (χ3v) is 4.09. The van der Waals surface area contributed by atoms with Crippen molar-refractivity contribution in [2.45, 2.75) is 6.42 Å². The second-order valence-electron chi connectivity index (χ2n) is 5.37. The second kappa shape index (κ2) is 4.71. The first-order chi connectivity index (χ1) is 10.3. The molecule has 0 aliphatic heterocycles. The van der Waals surface area contributed by atoms with Crippen molar-refractivity contribution in [1.82, 2.24) is 0 Å². The molecule has 0 spiro atoms. The van der Waals surface area contributed by atoms with E-state index in [-0.39, 0.29) is 5.78 Å². The molecule has 0 saturated heterocycles. The lowest BCUT2D eigenvalue weighted by molar-refractivity contribution is -0.110. The van der Waals surface area contributed by atoms with E-state index in [2.05, 4.69) is 24.3 Å². The van der Waals surface area contributed by atoms with Gasteiger partial charge >= 0.3 is 0 Å². The van der Waals surface area contributed by atoms with E-state index in [0.29, 0.717) is 0 Å². The molecule has 0 saturated carbocycles. The summed E-state index contributed by atoms with van der Waals surface area (Å²) in [5.74, 6) is 0.120. The monoisotopic (exact) mass is 270 g/mol. The van der Waals surface area contributed by atoms with E-state index in [4.69, 9.17) is 0 Å². The molecule has 1 heteroatoms. The highest BCUT2D eigenvalue weighted by Crippen LogP contribution is 2.44. The summed E-state index contributed by atoms with van der Waals surface area (Å²) in [7, 11) is 0. The van der Waals surface area contributed by atoms with E-state index in [1.165, 1.54) is 16.7 Å². The fraction of sp³-hybridized carbons (Fsp3) is 0.0500. The molecule has 0 unspecified atom stereocenters. The van der Waals surface area contributed by atoms with Crippen molar-refractivity contribution < 1.29 is 4.79 Å². The Hall–Kier alpha value is -2.67. The number of rotatable bonds is 2. The van der Waals surface area contributed by atoms with Gasteiger partial charge in [0, 0.05) is 5.57 Å². The van der Waals surface area contributed by atoms with Crippen molar-refractivity contribution in [2.75, 3.05) is 0 Å². The lowest BCUT2D eigenvalue weighted by atomic mass is 9.93. The fourth-order valence-corrected chi connectivity index (χ4v) is 3.17. The summed E-state index contributed by atoms with van der Waals surface area (Å²) in [6.45, 7) is 0. The topological polar surface area (TPSA) is 17.1 Å². The minimum absolute atomic E-state index is 0.120. The predicted molar refractivity (Wildman–Crippen MR) is 85.6 cm³/mol. The summed E-state index contributed by atoms with van der Waals surface area (Å²) in [6.07, 6.45) is 6.36. The summed E-state index contributed by atoms with van der Waals surface area (Å²) in [5.41, 5.74) is 6.71. The Morgan fingerprint density at radius 2 is 1.52 bits per heavy atom. The number of carbonyl (C=O) groups is 1. The molecule has 0 bridgehead atoms. The molecule has 0 fully saturated rings. The van der Waals surface area contributed by atoms with Crippen molar-refractivity contribution in [1.29, 1.82) is 0 Å². The molecule has 1 nitrogen and oxygen atoms in total. The van der Waals surface area contributed by atoms with Crippen molar-refractivity contribution in [2.24, 2.45) is 0 Å². The zero-order valence-corrected chi connectivity index (χ0v) is 11.5. The molecule has 2 aliphatic rings. The molecule has 0 amide bonds. The molecule has 0 radical (unpaired) electrons. The van der Waals surface area contributed by atoms with Crippen LogP contribution in [0.3, 0.4) is 0 Å². The first kappa shape index (κ1) is 12.1. The zero-order chi connectivity index (χ0) is 14.2. The maximum atomic E-state index is 12.4. The summed E-state index contributed by atoms with van der Waals surface area (Å²) in [6, 6.07) is 18.6. The van der Waals surface area contributed by atoms with E-state index in [9.17, 15) is 4.79 Å². The van der Waals surface area contributed by atoms with Gasteiger partial charge in [0.2, 0.25) is 0 Å². The van der Waals surface area contributed by atoms with E-state index in [0.717, 1.165) is 23.1 Å². The Balaban J connectivity index is 1.90. The van der Waals surface area contributed by atoms with Gasteiger partial charge in [0.05, 0.1) is 0 Å². The summed E-state index contributed by atoms with van der Waals surface area (Å²) < 4.78 is 0. The van der Waals surface area contributed by atoms with Crippen molar-refractivity contribution >= 4 is 16.9 Å². The summed E-state index contributed by atoms with van der Waals surface area (Å²) in [5, 5.41) is 0. The van der Waals surface area contributed by atoms with Crippen LogP contribution in [0.4, 0.5) is 0 Å². The number of hydrogen-bond acceptors (Lipinski definition) is 1. The van der Waals surface area contributed by atoms with Crippen LogP contribution in [0.15, 0.2) is 78.4 Å². The summed E-state index contributed by atoms with van der Waals surface area (Å²) in [4.78, 5) is 12.4. The predicted octanol–water partition coefficient (Wildman–Crippen LogP) is 4.22.